The predicted octanol–water partition coefficient (Wildman–Crippen LogP) is 6.93. The van der Waals surface area contributed by atoms with E-state index in [2.05, 4.69) is 0 Å². The first kappa shape index (κ1) is 27.3. The Morgan fingerprint density at radius 3 is 1.14 bits per heavy atom. The number of ether oxygens (including phenoxy) is 3. The minimum absolute atomic E-state index is 0.126. The molecule has 0 bridgehead atoms. The molecule has 0 aromatic carbocycles. The van der Waals surface area contributed by atoms with Crippen molar-refractivity contribution < 1.29 is 23.8 Å². The van der Waals surface area contributed by atoms with Crippen LogP contribution in [0.2, 0.25) is 0 Å². The third kappa shape index (κ3) is 9.28. The van der Waals surface area contributed by atoms with Gasteiger partial charge in [0.05, 0.1) is 39.4 Å². The van der Waals surface area contributed by atoms with E-state index in [4.69, 9.17) is 14.2 Å². The summed E-state index contributed by atoms with van der Waals surface area (Å²) < 4.78 is 16.4. The van der Waals surface area contributed by atoms with Crippen molar-refractivity contribution in [2.45, 2.75) is 26.2 Å². The summed E-state index contributed by atoms with van der Waals surface area (Å²) in [6.45, 7) is 2.70. The first-order chi connectivity index (χ1) is 18.2. The van der Waals surface area contributed by atoms with Crippen molar-refractivity contribution in [3.63, 3.8) is 0 Å². The average Bonchev–Trinajstić information content (AvgIpc) is 3.71. The maximum Gasteiger partial charge on any atom is 0.410 e. The van der Waals surface area contributed by atoms with Crippen molar-refractivity contribution in [3.05, 3.63) is 89.6 Å². The molecule has 0 aliphatic carbocycles. The Balaban J connectivity index is 1.15. The molecule has 4 aromatic heterocycles. The van der Waals surface area contributed by atoms with E-state index in [1.807, 2.05) is 70.1 Å². The maximum atomic E-state index is 12.7. The van der Waals surface area contributed by atoms with Gasteiger partial charge in [-0.3, -0.25) is 9.80 Å². The highest BCUT2D eigenvalue weighted by molar-refractivity contribution is 7.10. The van der Waals surface area contributed by atoms with E-state index in [9.17, 15) is 9.59 Å². The van der Waals surface area contributed by atoms with Gasteiger partial charge >= 0.3 is 12.2 Å². The highest BCUT2D eigenvalue weighted by Gasteiger charge is 2.18. The molecule has 4 aromatic rings. The van der Waals surface area contributed by atoms with Gasteiger partial charge in [0.25, 0.3) is 0 Å². The van der Waals surface area contributed by atoms with Gasteiger partial charge in [0.2, 0.25) is 0 Å². The molecule has 0 saturated carbocycles. The second-order valence-corrected chi connectivity index (χ2v) is 12.0. The van der Waals surface area contributed by atoms with Crippen LogP contribution in [0.5, 0.6) is 0 Å². The predicted molar refractivity (Wildman–Crippen MR) is 149 cm³/mol. The van der Waals surface area contributed by atoms with Crippen molar-refractivity contribution in [3.8, 4) is 0 Å². The molecule has 4 rings (SSSR count). The Labute approximate surface area is 232 Å². The molecule has 0 N–H and O–H groups in total. The van der Waals surface area contributed by atoms with Gasteiger partial charge in [0.1, 0.15) is 13.2 Å². The summed E-state index contributed by atoms with van der Waals surface area (Å²) in [4.78, 5) is 33.2. The maximum absolute atomic E-state index is 12.7. The molecule has 0 aliphatic rings. The molecule has 0 radical (unpaired) electrons. The second-order valence-electron chi connectivity index (χ2n) is 7.87. The Bertz CT molecular complexity index is 997. The number of rotatable bonds is 14. The molecule has 0 saturated heterocycles. The number of hydrogen-bond acceptors (Lipinski definition) is 9. The first-order valence-electron chi connectivity index (χ1n) is 11.7. The van der Waals surface area contributed by atoms with Crippen LogP contribution in [-0.4, -0.2) is 48.4 Å². The molecule has 0 aliphatic heterocycles. The van der Waals surface area contributed by atoms with Crippen LogP contribution in [0.4, 0.5) is 9.59 Å². The molecular weight excluding hydrogens is 549 g/mol. The van der Waals surface area contributed by atoms with E-state index in [1.165, 1.54) is 0 Å². The monoisotopic (exact) mass is 576 g/mol. The number of carbonyl (C=O) groups is 2. The van der Waals surface area contributed by atoms with Gasteiger partial charge in [0, 0.05) is 19.5 Å². The molecule has 0 unspecified atom stereocenters. The molecule has 196 valence electrons. The number of hydrogen-bond donors (Lipinski definition) is 0. The van der Waals surface area contributed by atoms with E-state index in [1.54, 1.807) is 55.1 Å². The highest BCUT2D eigenvalue weighted by atomic mass is 32.1. The minimum Gasteiger partial charge on any atom is -0.447 e. The van der Waals surface area contributed by atoms with Gasteiger partial charge < -0.3 is 14.2 Å². The largest absolute Gasteiger partial charge is 0.447 e. The van der Waals surface area contributed by atoms with Gasteiger partial charge in [-0.05, 0) is 45.8 Å². The first-order valence-corrected chi connectivity index (χ1v) is 15.2. The molecule has 4 heterocycles. The standard InChI is InChI=1S/C26H28N2O5S4/c29-25(27(17-21-5-1-13-34-21)18-22-6-2-14-35-22)32-11-9-31-10-12-33-26(30)28(19-23-7-3-15-36-23)20-24-8-4-16-37-24/h1-8,13-16H,9-12,17-20H2. The lowest BCUT2D eigenvalue weighted by atomic mass is 10.4. The highest BCUT2D eigenvalue weighted by Crippen LogP contribution is 2.19. The minimum atomic E-state index is -0.380. The van der Waals surface area contributed by atoms with Crippen molar-refractivity contribution in [1.29, 1.82) is 0 Å². The van der Waals surface area contributed by atoms with Crippen molar-refractivity contribution in [1.82, 2.24) is 9.80 Å². The van der Waals surface area contributed by atoms with E-state index >= 15 is 0 Å². The zero-order valence-electron chi connectivity index (χ0n) is 20.2. The molecule has 7 nitrogen and oxygen atoms in total. The van der Waals surface area contributed by atoms with Crippen LogP contribution in [0.3, 0.4) is 0 Å². The smallest absolute Gasteiger partial charge is 0.410 e. The summed E-state index contributed by atoms with van der Waals surface area (Å²) in [6, 6.07) is 15.9. The van der Waals surface area contributed by atoms with Crippen molar-refractivity contribution in [2.24, 2.45) is 0 Å². The van der Waals surface area contributed by atoms with E-state index in [-0.39, 0.29) is 38.6 Å². The van der Waals surface area contributed by atoms with Crippen LogP contribution in [0.25, 0.3) is 0 Å². The Hall–Kier alpha value is -2.70. The molecule has 11 heteroatoms. The fourth-order valence-corrected chi connectivity index (χ4v) is 6.27. The van der Waals surface area contributed by atoms with Gasteiger partial charge in [-0.2, -0.15) is 0 Å². The van der Waals surface area contributed by atoms with Crippen LogP contribution >= 0.6 is 45.3 Å². The van der Waals surface area contributed by atoms with E-state index in [0.29, 0.717) is 26.2 Å². The van der Waals surface area contributed by atoms with Crippen LogP contribution in [-0.2, 0) is 40.4 Å². The summed E-state index contributed by atoms with van der Waals surface area (Å²) in [5, 5.41) is 7.98. The Kier molecular flexibility index (Phi) is 11.0. The van der Waals surface area contributed by atoms with E-state index < -0.39 is 0 Å². The summed E-state index contributed by atoms with van der Waals surface area (Å²) in [6.07, 6.45) is -0.760. The molecule has 0 spiro atoms. The van der Waals surface area contributed by atoms with Crippen LogP contribution < -0.4 is 0 Å². The van der Waals surface area contributed by atoms with E-state index in [0.717, 1.165) is 19.5 Å². The Morgan fingerprint density at radius 1 is 0.541 bits per heavy atom. The average molecular weight is 577 g/mol. The molecule has 37 heavy (non-hydrogen) atoms. The molecule has 0 atom stereocenters. The number of thiophene rings is 4. The lowest BCUT2D eigenvalue weighted by Gasteiger charge is -2.21. The molecule has 2 amide bonds. The van der Waals surface area contributed by atoms with Gasteiger partial charge in [0.15, 0.2) is 0 Å². The number of amides is 2. The zero-order chi connectivity index (χ0) is 25.7. The molecular formula is C26H28N2O5S4. The summed E-state index contributed by atoms with van der Waals surface area (Å²) in [7, 11) is 0. The molecule has 0 fully saturated rings. The van der Waals surface area contributed by atoms with Crippen molar-refractivity contribution >= 4 is 57.5 Å². The van der Waals surface area contributed by atoms with Crippen molar-refractivity contribution in [2.75, 3.05) is 26.4 Å². The number of nitrogens with zero attached hydrogens (tertiary/aromatic N) is 2. The number of carbonyl (C=O) groups excluding carboxylic acids is 2. The summed E-state index contributed by atoms with van der Waals surface area (Å²) >= 11 is 6.44. The third-order valence-corrected chi connectivity index (χ3v) is 8.57. The zero-order valence-corrected chi connectivity index (χ0v) is 23.4. The summed E-state index contributed by atoms with van der Waals surface area (Å²) in [5.74, 6) is 0. The van der Waals surface area contributed by atoms with Gasteiger partial charge in [-0.1, -0.05) is 24.3 Å². The van der Waals surface area contributed by atoms with Crippen LogP contribution in [0.1, 0.15) is 19.5 Å². The second kappa shape index (κ2) is 14.9. The normalized spacial score (nSPS) is 10.8. The fourth-order valence-electron chi connectivity index (χ4n) is 3.39. The van der Waals surface area contributed by atoms with Crippen LogP contribution in [0, 0.1) is 0 Å². The third-order valence-electron chi connectivity index (χ3n) is 5.13. The van der Waals surface area contributed by atoms with Gasteiger partial charge in [-0.25, -0.2) is 9.59 Å². The Morgan fingerprint density at radius 2 is 0.865 bits per heavy atom. The van der Waals surface area contributed by atoms with Crippen LogP contribution in [0.15, 0.2) is 70.1 Å². The quantitative estimate of drug-likeness (QED) is 0.152. The SMILES string of the molecule is O=C(OCCOCCOC(=O)N(Cc1cccs1)Cc1cccs1)N(Cc1cccs1)Cc1cccs1. The fraction of sp³-hybridized carbons (Fsp3) is 0.308. The van der Waals surface area contributed by atoms with Gasteiger partial charge in [-0.15, -0.1) is 45.3 Å². The lowest BCUT2D eigenvalue weighted by molar-refractivity contribution is 0.0275. The topological polar surface area (TPSA) is 68.3 Å². The summed E-state index contributed by atoms with van der Waals surface area (Å²) in [5.41, 5.74) is 0. The lowest BCUT2D eigenvalue weighted by Crippen LogP contribution is -2.31.